The second-order valence-corrected chi connectivity index (χ2v) is 9.74. The molecule has 0 bridgehead atoms. The summed E-state index contributed by atoms with van der Waals surface area (Å²) in [4.78, 5) is 42.7. The molecule has 0 unspecified atom stereocenters. The van der Waals surface area contributed by atoms with Gasteiger partial charge in [-0.2, -0.15) is 0 Å². The smallest absolute Gasteiger partial charge is 0.305 e. The van der Waals surface area contributed by atoms with Gasteiger partial charge in [0.25, 0.3) is 5.91 Å². The summed E-state index contributed by atoms with van der Waals surface area (Å²) in [6.07, 6.45) is 0.744. The number of imide groups is 1. The van der Waals surface area contributed by atoms with Crippen molar-refractivity contribution < 1.29 is 14.4 Å². The molecule has 0 spiro atoms. The first-order valence-electron chi connectivity index (χ1n) is 12.3. The Morgan fingerprint density at radius 1 is 0.676 bits per heavy atom. The van der Waals surface area contributed by atoms with E-state index in [-0.39, 0.29) is 17.7 Å². The molecular formula is C32H28N2O3. The third-order valence-electron chi connectivity index (χ3n) is 6.93. The molecule has 5 nitrogen and oxygen atoms in total. The first kappa shape index (κ1) is 24.2. The third-order valence-corrected chi connectivity index (χ3v) is 6.93. The molecule has 184 valence electrons. The summed E-state index contributed by atoms with van der Waals surface area (Å²) in [5.41, 5.74) is 3.83. The zero-order valence-corrected chi connectivity index (χ0v) is 20.9. The predicted octanol–water partition coefficient (Wildman–Crippen LogP) is 6.26. The Kier molecular flexibility index (Phi) is 6.45. The molecule has 1 heterocycles. The van der Waals surface area contributed by atoms with Gasteiger partial charge in [0.15, 0.2) is 5.78 Å². The standard InChI is InChI=1S/C32H28N2O3/c1-32(2)30(36)34(28-19-17-25(18-20-28)29(35)24-13-7-4-8-14-24)31(37)33(32)22-27-16-10-9-15-26(27)21-23-11-5-3-6-12-23/h3-20H,21-22H2,1-2H3. The van der Waals surface area contributed by atoms with Gasteiger partial charge in [-0.25, -0.2) is 9.69 Å². The highest BCUT2D eigenvalue weighted by Gasteiger charge is 2.51. The maximum Gasteiger partial charge on any atom is 0.332 e. The van der Waals surface area contributed by atoms with Crippen LogP contribution in [-0.4, -0.2) is 28.2 Å². The second-order valence-electron chi connectivity index (χ2n) is 9.74. The fourth-order valence-electron chi connectivity index (χ4n) is 4.72. The molecule has 0 N–H and O–H groups in total. The van der Waals surface area contributed by atoms with E-state index in [1.807, 2.05) is 54.6 Å². The summed E-state index contributed by atoms with van der Waals surface area (Å²) >= 11 is 0. The number of amides is 3. The first-order valence-corrected chi connectivity index (χ1v) is 12.3. The summed E-state index contributed by atoms with van der Waals surface area (Å²) in [6, 6.07) is 33.5. The van der Waals surface area contributed by atoms with Crippen LogP contribution in [0.15, 0.2) is 109 Å². The maximum atomic E-state index is 13.6. The minimum Gasteiger partial charge on any atom is -0.305 e. The molecule has 5 rings (SSSR count). The van der Waals surface area contributed by atoms with Crippen molar-refractivity contribution >= 4 is 23.4 Å². The Morgan fingerprint density at radius 2 is 1.22 bits per heavy atom. The van der Waals surface area contributed by atoms with Gasteiger partial charge in [0.05, 0.1) is 5.69 Å². The molecule has 0 aromatic heterocycles. The highest BCUT2D eigenvalue weighted by atomic mass is 16.2. The number of nitrogens with zero attached hydrogens (tertiary/aromatic N) is 2. The summed E-state index contributed by atoms with van der Waals surface area (Å²) in [5.74, 6) is -0.400. The lowest BCUT2D eigenvalue weighted by atomic mass is 9.97. The van der Waals surface area contributed by atoms with Crippen LogP contribution in [0.25, 0.3) is 0 Å². The van der Waals surface area contributed by atoms with E-state index in [4.69, 9.17) is 0 Å². The van der Waals surface area contributed by atoms with Crippen LogP contribution in [0.4, 0.5) is 10.5 Å². The Balaban J connectivity index is 1.39. The number of rotatable bonds is 7. The molecule has 4 aromatic carbocycles. The van der Waals surface area contributed by atoms with Crippen molar-refractivity contribution in [1.82, 2.24) is 4.90 Å². The van der Waals surface area contributed by atoms with Crippen molar-refractivity contribution in [3.05, 3.63) is 137 Å². The van der Waals surface area contributed by atoms with E-state index in [0.29, 0.717) is 23.4 Å². The molecular weight excluding hydrogens is 460 g/mol. The second kappa shape index (κ2) is 9.86. The molecule has 3 amide bonds. The van der Waals surface area contributed by atoms with Crippen LogP contribution in [0.5, 0.6) is 0 Å². The van der Waals surface area contributed by atoms with Crippen molar-refractivity contribution in [2.24, 2.45) is 0 Å². The van der Waals surface area contributed by atoms with Crippen LogP contribution in [0, 0.1) is 0 Å². The van der Waals surface area contributed by atoms with Crippen LogP contribution >= 0.6 is 0 Å². The van der Waals surface area contributed by atoms with E-state index in [9.17, 15) is 14.4 Å². The fourth-order valence-corrected chi connectivity index (χ4v) is 4.72. The van der Waals surface area contributed by atoms with Gasteiger partial charge >= 0.3 is 6.03 Å². The lowest BCUT2D eigenvalue weighted by Crippen LogP contribution is -2.43. The molecule has 0 radical (unpaired) electrons. The maximum absolute atomic E-state index is 13.6. The van der Waals surface area contributed by atoms with Crippen molar-refractivity contribution in [3.8, 4) is 0 Å². The average Bonchev–Trinajstić information content (AvgIpc) is 3.09. The first-order chi connectivity index (χ1) is 17.9. The molecule has 1 fully saturated rings. The van der Waals surface area contributed by atoms with Crippen molar-refractivity contribution in [3.63, 3.8) is 0 Å². The molecule has 1 aliphatic heterocycles. The number of urea groups is 1. The van der Waals surface area contributed by atoms with Crippen LogP contribution in [0.3, 0.4) is 0 Å². The van der Waals surface area contributed by atoms with Gasteiger partial charge < -0.3 is 4.90 Å². The SMILES string of the molecule is CC1(C)C(=O)N(c2ccc(C(=O)c3ccccc3)cc2)C(=O)N1Cc1ccccc1Cc1ccccc1. The van der Waals surface area contributed by atoms with Gasteiger partial charge in [0.2, 0.25) is 0 Å². The topological polar surface area (TPSA) is 57.7 Å². The normalized spacial score (nSPS) is 14.8. The monoisotopic (exact) mass is 488 g/mol. The van der Waals surface area contributed by atoms with E-state index < -0.39 is 5.54 Å². The lowest BCUT2D eigenvalue weighted by Gasteiger charge is -2.28. The van der Waals surface area contributed by atoms with Crippen molar-refractivity contribution in [1.29, 1.82) is 0 Å². The van der Waals surface area contributed by atoms with E-state index in [2.05, 4.69) is 18.2 Å². The van der Waals surface area contributed by atoms with Gasteiger partial charge in [-0.05, 0) is 61.2 Å². The lowest BCUT2D eigenvalue weighted by molar-refractivity contribution is -0.123. The van der Waals surface area contributed by atoms with Gasteiger partial charge in [0, 0.05) is 17.7 Å². The van der Waals surface area contributed by atoms with E-state index in [0.717, 1.165) is 17.5 Å². The minimum atomic E-state index is -1.02. The number of carbonyl (C=O) groups is 3. The number of ketones is 1. The largest absolute Gasteiger partial charge is 0.332 e. The molecule has 0 aliphatic carbocycles. The molecule has 5 heteroatoms. The summed E-state index contributed by atoms with van der Waals surface area (Å²) < 4.78 is 0. The van der Waals surface area contributed by atoms with Crippen LogP contribution in [0.1, 0.15) is 46.5 Å². The molecule has 1 saturated heterocycles. The average molecular weight is 489 g/mol. The Morgan fingerprint density at radius 3 is 1.86 bits per heavy atom. The van der Waals surface area contributed by atoms with Gasteiger partial charge in [-0.3, -0.25) is 9.59 Å². The Hall–Kier alpha value is -4.51. The zero-order valence-electron chi connectivity index (χ0n) is 20.9. The molecule has 0 atom stereocenters. The predicted molar refractivity (Wildman–Crippen MR) is 145 cm³/mol. The number of benzene rings is 4. The minimum absolute atomic E-state index is 0.108. The van der Waals surface area contributed by atoms with E-state index in [1.165, 1.54) is 10.5 Å². The zero-order chi connectivity index (χ0) is 26.0. The number of anilines is 1. The third kappa shape index (κ3) is 4.68. The van der Waals surface area contributed by atoms with Crippen molar-refractivity contribution in [2.75, 3.05) is 4.90 Å². The highest BCUT2D eigenvalue weighted by molar-refractivity contribution is 6.23. The van der Waals surface area contributed by atoms with Crippen LogP contribution in [-0.2, 0) is 17.8 Å². The fraction of sp³-hybridized carbons (Fsp3) is 0.156. The number of hydrogen-bond donors (Lipinski definition) is 0. The molecule has 4 aromatic rings. The van der Waals surface area contributed by atoms with E-state index in [1.54, 1.807) is 55.1 Å². The molecule has 1 aliphatic rings. The summed E-state index contributed by atoms with van der Waals surface area (Å²) in [6.45, 7) is 3.88. The van der Waals surface area contributed by atoms with Crippen LogP contribution < -0.4 is 4.90 Å². The number of carbonyl (C=O) groups excluding carboxylic acids is 3. The van der Waals surface area contributed by atoms with Crippen molar-refractivity contribution in [2.45, 2.75) is 32.4 Å². The van der Waals surface area contributed by atoms with Gasteiger partial charge in [0.1, 0.15) is 5.54 Å². The van der Waals surface area contributed by atoms with Gasteiger partial charge in [-0.1, -0.05) is 84.9 Å². The summed E-state index contributed by atoms with van der Waals surface area (Å²) in [7, 11) is 0. The van der Waals surface area contributed by atoms with E-state index >= 15 is 0 Å². The van der Waals surface area contributed by atoms with Gasteiger partial charge in [-0.15, -0.1) is 0 Å². The molecule has 0 saturated carbocycles. The van der Waals surface area contributed by atoms with Crippen LogP contribution in [0.2, 0.25) is 0 Å². The summed E-state index contributed by atoms with van der Waals surface area (Å²) in [5, 5.41) is 0. The Labute approximate surface area is 217 Å². The quantitative estimate of drug-likeness (QED) is 0.228. The Bertz CT molecular complexity index is 1440. The highest BCUT2D eigenvalue weighted by Crippen LogP contribution is 2.34. The molecule has 37 heavy (non-hydrogen) atoms. The number of hydrogen-bond acceptors (Lipinski definition) is 3.